The minimum atomic E-state index is 0.102. The van der Waals surface area contributed by atoms with Crippen molar-refractivity contribution < 1.29 is 0 Å². The number of hydrogen-bond acceptors (Lipinski definition) is 1. The molecule has 1 unspecified atom stereocenters. The van der Waals surface area contributed by atoms with Crippen molar-refractivity contribution in [2.75, 3.05) is 6.54 Å². The van der Waals surface area contributed by atoms with Gasteiger partial charge in [-0.2, -0.15) is 0 Å². The summed E-state index contributed by atoms with van der Waals surface area (Å²) in [7, 11) is 0. The maximum atomic E-state index is 6.09. The molecule has 2 heteroatoms. The lowest BCUT2D eigenvalue weighted by Gasteiger charge is -2.38. The Balaban J connectivity index is 2.42. The van der Waals surface area contributed by atoms with Crippen molar-refractivity contribution in [1.29, 1.82) is 0 Å². The minimum Gasteiger partial charge on any atom is -0.330 e. The Morgan fingerprint density at radius 2 is 2.24 bits per heavy atom. The van der Waals surface area contributed by atoms with Gasteiger partial charge in [-0.05, 0) is 43.7 Å². The van der Waals surface area contributed by atoms with E-state index in [1.165, 1.54) is 36.0 Å². The van der Waals surface area contributed by atoms with Crippen LogP contribution in [0.3, 0.4) is 0 Å². The predicted molar refractivity (Wildman–Crippen MR) is 74.3 cm³/mol. The van der Waals surface area contributed by atoms with Crippen molar-refractivity contribution in [3.05, 3.63) is 46.5 Å². The van der Waals surface area contributed by atoms with Gasteiger partial charge in [-0.25, -0.2) is 0 Å². The van der Waals surface area contributed by atoms with E-state index in [0.717, 1.165) is 6.42 Å². The molecule has 92 valence electrons. The SMILES string of the molecule is C/C(=C/Cl)CC1(CN)CCCc2ccccc21. The maximum absolute atomic E-state index is 6.09. The Kier molecular flexibility index (Phi) is 3.90. The fourth-order valence-electron chi connectivity index (χ4n) is 3.05. The zero-order valence-corrected chi connectivity index (χ0v) is 11.1. The Labute approximate surface area is 109 Å². The van der Waals surface area contributed by atoms with E-state index in [0.29, 0.717) is 6.54 Å². The maximum Gasteiger partial charge on any atom is 0.0116 e. The molecule has 0 saturated heterocycles. The molecule has 0 aromatic heterocycles. The predicted octanol–water partition coefficient (Wildman–Crippen LogP) is 3.75. The molecule has 17 heavy (non-hydrogen) atoms. The highest BCUT2D eigenvalue weighted by atomic mass is 35.5. The van der Waals surface area contributed by atoms with E-state index in [-0.39, 0.29) is 5.41 Å². The molecule has 2 N–H and O–H groups in total. The largest absolute Gasteiger partial charge is 0.330 e. The highest BCUT2D eigenvalue weighted by molar-refractivity contribution is 6.25. The molecule has 0 heterocycles. The van der Waals surface area contributed by atoms with Gasteiger partial charge in [-0.15, -0.1) is 0 Å². The summed E-state index contributed by atoms with van der Waals surface area (Å²) in [5.41, 5.74) is 12.0. The van der Waals surface area contributed by atoms with Crippen LogP contribution in [0, 0.1) is 0 Å². The summed E-state index contributed by atoms with van der Waals surface area (Å²) in [6.45, 7) is 2.79. The molecule has 0 spiro atoms. The number of rotatable bonds is 3. The van der Waals surface area contributed by atoms with Crippen molar-refractivity contribution in [2.24, 2.45) is 5.73 Å². The third-order valence-corrected chi connectivity index (χ3v) is 4.26. The monoisotopic (exact) mass is 249 g/mol. The normalized spacial score (nSPS) is 24.5. The summed E-state index contributed by atoms with van der Waals surface area (Å²) in [5.74, 6) is 0. The Bertz CT molecular complexity index is 425. The second-order valence-electron chi connectivity index (χ2n) is 5.13. The zero-order valence-electron chi connectivity index (χ0n) is 10.4. The van der Waals surface area contributed by atoms with Crippen LogP contribution in [0.4, 0.5) is 0 Å². The third-order valence-electron chi connectivity index (χ3n) is 3.88. The van der Waals surface area contributed by atoms with E-state index in [1.807, 2.05) is 0 Å². The van der Waals surface area contributed by atoms with Crippen molar-refractivity contribution in [3.8, 4) is 0 Å². The topological polar surface area (TPSA) is 26.0 Å². The van der Waals surface area contributed by atoms with Crippen LogP contribution in [0.1, 0.15) is 37.3 Å². The van der Waals surface area contributed by atoms with Gasteiger partial charge in [0.15, 0.2) is 0 Å². The number of allylic oxidation sites excluding steroid dienone is 1. The van der Waals surface area contributed by atoms with Gasteiger partial charge in [0.2, 0.25) is 0 Å². The Morgan fingerprint density at radius 1 is 1.47 bits per heavy atom. The molecule has 0 saturated carbocycles. The number of benzene rings is 1. The van der Waals surface area contributed by atoms with Gasteiger partial charge < -0.3 is 5.73 Å². The molecular weight excluding hydrogens is 230 g/mol. The van der Waals surface area contributed by atoms with Crippen LogP contribution in [0.5, 0.6) is 0 Å². The van der Waals surface area contributed by atoms with E-state index in [1.54, 1.807) is 5.54 Å². The zero-order chi connectivity index (χ0) is 12.3. The van der Waals surface area contributed by atoms with Crippen LogP contribution >= 0.6 is 11.6 Å². The third kappa shape index (κ3) is 2.41. The van der Waals surface area contributed by atoms with E-state index in [4.69, 9.17) is 17.3 Å². The van der Waals surface area contributed by atoms with Crippen LogP contribution < -0.4 is 5.73 Å². The molecule has 0 fully saturated rings. The first-order chi connectivity index (χ1) is 8.22. The van der Waals surface area contributed by atoms with Gasteiger partial charge in [0.1, 0.15) is 0 Å². The lowest BCUT2D eigenvalue weighted by atomic mass is 9.67. The molecule has 0 amide bonds. The number of nitrogens with two attached hydrogens (primary N) is 1. The van der Waals surface area contributed by atoms with Gasteiger partial charge in [-0.1, -0.05) is 41.4 Å². The first-order valence-corrected chi connectivity index (χ1v) is 6.70. The molecule has 1 aromatic carbocycles. The summed E-state index contributed by atoms with van der Waals surface area (Å²) in [4.78, 5) is 0. The lowest BCUT2D eigenvalue weighted by Crippen LogP contribution is -2.38. The van der Waals surface area contributed by atoms with Gasteiger partial charge in [-0.3, -0.25) is 0 Å². The number of aryl methyl sites for hydroxylation is 1. The van der Waals surface area contributed by atoms with Crippen molar-refractivity contribution in [1.82, 2.24) is 0 Å². The number of hydrogen-bond donors (Lipinski definition) is 1. The molecular formula is C15H20ClN. The fourth-order valence-corrected chi connectivity index (χ4v) is 3.12. The van der Waals surface area contributed by atoms with Gasteiger partial charge in [0.25, 0.3) is 0 Å². The smallest absolute Gasteiger partial charge is 0.0116 e. The molecule has 0 aliphatic heterocycles. The molecule has 2 rings (SSSR count). The van der Waals surface area contributed by atoms with Gasteiger partial charge >= 0.3 is 0 Å². The van der Waals surface area contributed by atoms with Crippen LogP contribution in [0.2, 0.25) is 0 Å². The first kappa shape index (κ1) is 12.7. The van der Waals surface area contributed by atoms with E-state index >= 15 is 0 Å². The van der Waals surface area contributed by atoms with Crippen LogP contribution in [-0.4, -0.2) is 6.54 Å². The molecule has 1 nitrogen and oxygen atoms in total. The van der Waals surface area contributed by atoms with Gasteiger partial charge in [0, 0.05) is 17.5 Å². The fraction of sp³-hybridized carbons (Fsp3) is 0.467. The van der Waals surface area contributed by atoms with Crippen molar-refractivity contribution in [3.63, 3.8) is 0 Å². The average Bonchev–Trinajstić information content (AvgIpc) is 2.39. The average molecular weight is 250 g/mol. The van der Waals surface area contributed by atoms with Gasteiger partial charge in [0.05, 0.1) is 0 Å². The van der Waals surface area contributed by atoms with Crippen LogP contribution in [0.25, 0.3) is 0 Å². The first-order valence-electron chi connectivity index (χ1n) is 6.26. The lowest BCUT2D eigenvalue weighted by molar-refractivity contribution is 0.365. The second-order valence-corrected chi connectivity index (χ2v) is 5.35. The summed E-state index contributed by atoms with van der Waals surface area (Å²) < 4.78 is 0. The minimum absolute atomic E-state index is 0.102. The molecule has 0 bridgehead atoms. The number of fused-ring (bicyclic) bond motifs is 1. The van der Waals surface area contributed by atoms with Crippen LogP contribution in [-0.2, 0) is 11.8 Å². The second kappa shape index (κ2) is 5.24. The summed E-state index contributed by atoms with van der Waals surface area (Å²) in [6, 6.07) is 8.71. The Morgan fingerprint density at radius 3 is 2.94 bits per heavy atom. The quantitative estimate of drug-likeness (QED) is 0.868. The molecule has 0 radical (unpaired) electrons. The summed E-state index contributed by atoms with van der Waals surface area (Å²) in [5, 5.41) is 0. The molecule has 1 aliphatic rings. The van der Waals surface area contributed by atoms with E-state index in [2.05, 4.69) is 31.2 Å². The highest BCUT2D eigenvalue weighted by Crippen LogP contribution is 2.41. The summed E-state index contributed by atoms with van der Waals surface area (Å²) in [6.07, 6.45) is 4.55. The van der Waals surface area contributed by atoms with E-state index < -0.39 is 0 Å². The van der Waals surface area contributed by atoms with E-state index in [9.17, 15) is 0 Å². The standard InChI is InChI=1S/C15H20ClN/c1-12(10-16)9-15(11-17)8-4-6-13-5-2-3-7-14(13)15/h2-3,5,7,10H,4,6,8-9,11,17H2,1H3/b12-10-. The van der Waals surface area contributed by atoms with Crippen molar-refractivity contribution in [2.45, 2.75) is 38.0 Å². The van der Waals surface area contributed by atoms with Crippen molar-refractivity contribution >= 4 is 11.6 Å². The number of halogens is 1. The molecule has 1 aliphatic carbocycles. The Hall–Kier alpha value is -0.790. The molecule has 1 atom stereocenters. The molecule has 1 aromatic rings. The van der Waals surface area contributed by atoms with Crippen LogP contribution in [0.15, 0.2) is 35.4 Å². The highest BCUT2D eigenvalue weighted by Gasteiger charge is 2.35. The summed E-state index contributed by atoms with van der Waals surface area (Å²) >= 11 is 5.81.